The normalized spacial score (nSPS) is 12.3. The van der Waals surface area contributed by atoms with Crippen molar-refractivity contribution in [2.24, 2.45) is 0 Å². The predicted molar refractivity (Wildman–Crippen MR) is 123 cm³/mol. The zero-order valence-electron chi connectivity index (χ0n) is 17.5. The van der Waals surface area contributed by atoms with Crippen molar-refractivity contribution in [1.29, 1.82) is 0 Å². The molecular weight excluding hydrogens is 402 g/mol. The van der Waals surface area contributed by atoms with Crippen molar-refractivity contribution in [1.82, 2.24) is 9.55 Å². The number of amides is 1. The zero-order valence-corrected chi connectivity index (χ0v) is 19.2. The summed E-state index contributed by atoms with van der Waals surface area (Å²) in [5.41, 5.74) is 2.75. The van der Waals surface area contributed by atoms with Gasteiger partial charge in [-0.2, -0.15) is 0 Å². The Morgan fingerprint density at radius 3 is 2.76 bits per heavy atom. The van der Waals surface area contributed by atoms with Crippen LogP contribution in [0.5, 0.6) is 0 Å². The first-order valence-electron chi connectivity index (χ1n) is 9.82. The SMILES string of the molecule is CCC(C)Sc1ccc(NC(=O)CCn2cnc3sc(C)c(C)c3c2=O)c(C)c1. The first-order chi connectivity index (χ1) is 13.8. The number of hydrogen-bond donors (Lipinski definition) is 1. The third kappa shape index (κ3) is 4.90. The summed E-state index contributed by atoms with van der Waals surface area (Å²) >= 11 is 3.37. The molecule has 0 bridgehead atoms. The quantitative estimate of drug-likeness (QED) is 0.518. The molecule has 0 saturated carbocycles. The molecule has 0 aliphatic heterocycles. The highest BCUT2D eigenvalue weighted by atomic mass is 32.2. The van der Waals surface area contributed by atoms with Crippen LogP contribution in [0.4, 0.5) is 5.69 Å². The van der Waals surface area contributed by atoms with Crippen molar-refractivity contribution in [3.8, 4) is 0 Å². The number of thioether (sulfide) groups is 1. The Hall–Kier alpha value is -2.12. The van der Waals surface area contributed by atoms with Gasteiger partial charge in [0.1, 0.15) is 4.83 Å². The molecule has 29 heavy (non-hydrogen) atoms. The zero-order chi connectivity index (χ0) is 21.1. The smallest absolute Gasteiger partial charge is 0.262 e. The number of hydrogen-bond acceptors (Lipinski definition) is 5. The molecule has 5 nitrogen and oxygen atoms in total. The van der Waals surface area contributed by atoms with Crippen LogP contribution in [0.3, 0.4) is 0 Å². The summed E-state index contributed by atoms with van der Waals surface area (Å²) in [6, 6.07) is 6.11. The first kappa shape index (κ1) is 21.6. The number of aromatic nitrogens is 2. The number of rotatable bonds is 7. The van der Waals surface area contributed by atoms with Crippen LogP contribution >= 0.6 is 23.1 Å². The van der Waals surface area contributed by atoms with Gasteiger partial charge in [-0.3, -0.25) is 14.2 Å². The highest BCUT2D eigenvalue weighted by molar-refractivity contribution is 7.99. The fourth-order valence-electron chi connectivity index (χ4n) is 3.03. The molecule has 0 spiro atoms. The van der Waals surface area contributed by atoms with E-state index in [1.807, 2.05) is 44.7 Å². The van der Waals surface area contributed by atoms with Crippen LogP contribution in [0, 0.1) is 20.8 Å². The number of nitrogens with zero attached hydrogens (tertiary/aromatic N) is 2. The van der Waals surface area contributed by atoms with Gasteiger partial charge in [-0.05, 0) is 56.5 Å². The third-order valence-corrected chi connectivity index (χ3v) is 7.50. The topological polar surface area (TPSA) is 64.0 Å². The summed E-state index contributed by atoms with van der Waals surface area (Å²) in [6.07, 6.45) is 2.88. The van der Waals surface area contributed by atoms with Crippen molar-refractivity contribution in [3.05, 3.63) is 50.9 Å². The molecule has 2 aromatic heterocycles. The number of carbonyl (C=O) groups is 1. The second-order valence-electron chi connectivity index (χ2n) is 7.32. The van der Waals surface area contributed by atoms with E-state index in [4.69, 9.17) is 0 Å². The van der Waals surface area contributed by atoms with Gasteiger partial charge in [-0.25, -0.2) is 4.98 Å². The fourth-order valence-corrected chi connectivity index (χ4v) is 5.04. The number of nitrogens with one attached hydrogen (secondary N) is 1. The minimum atomic E-state index is -0.111. The lowest BCUT2D eigenvalue weighted by Gasteiger charge is -2.12. The van der Waals surface area contributed by atoms with Crippen LogP contribution in [0.15, 0.2) is 34.2 Å². The van der Waals surface area contributed by atoms with E-state index in [0.29, 0.717) is 17.2 Å². The number of carbonyl (C=O) groups excluding carboxylic acids is 1. The molecule has 0 aliphatic carbocycles. The van der Waals surface area contributed by atoms with Crippen molar-refractivity contribution in [3.63, 3.8) is 0 Å². The first-order valence-corrected chi connectivity index (χ1v) is 11.5. The second kappa shape index (κ2) is 9.13. The molecule has 3 aromatic rings. The molecule has 0 radical (unpaired) electrons. The van der Waals surface area contributed by atoms with Gasteiger partial charge in [0.15, 0.2) is 0 Å². The minimum Gasteiger partial charge on any atom is -0.326 e. The summed E-state index contributed by atoms with van der Waals surface area (Å²) < 4.78 is 1.53. The summed E-state index contributed by atoms with van der Waals surface area (Å²) in [6.45, 7) is 10.6. The van der Waals surface area contributed by atoms with E-state index in [2.05, 4.69) is 30.2 Å². The maximum absolute atomic E-state index is 12.7. The Kier molecular flexibility index (Phi) is 6.80. The maximum atomic E-state index is 12.7. The number of benzene rings is 1. The summed E-state index contributed by atoms with van der Waals surface area (Å²) in [5, 5.41) is 4.20. The van der Waals surface area contributed by atoms with Gasteiger partial charge in [0.2, 0.25) is 5.91 Å². The van der Waals surface area contributed by atoms with Crippen LogP contribution in [-0.4, -0.2) is 20.7 Å². The summed E-state index contributed by atoms with van der Waals surface area (Å²) in [4.78, 5) is 32.6. The molecular formula is C22H27N3O2S2. The molecule has 154 valence electrons. The molecule has 1 unspecified atom stereocenters. The van der Waals surface area contributed by atoms with Crippen molar-refractivity contribution in [2.75, 3.05) is 5.32 Å². The van der Waals surface area contributed by atoms with E-state index < -0.39 is 0 Å². The monoisotopic (exact) mass is 429 g/mol. The Balaban J connectivity index is 1.66. The number of thiophene rings is 1. The molecule has 1 atom stereocenters. The molecule has 1 aromatic carbocycles. The molecule has 7 heteroatoms. The highest BCUT2D eigenvalue weighted by Gasteiger charge is 2.13. The predicted octanol–water partition coefficient (Wildman–Crippen LogP) is 5.30. The lowest BCUT2D eigenvalue weighted by atomic mass is 10.2. The molecule has 3 rings (SSSR count). The van der Waals surface area contributed by atoms with Crippen LogP contribution in [-0.2, 0) is 11.3 Å². The highest BCUT2D eigenvalue weighted by Crippen LogP contribution is 2.28. The maximum Gasteiger partial charge on any atom is 0.262 e. The summed E-state index contributed by atoms with van der Waals surface area (Å²) in [5.74, 6) is -0.111. The van der Waals surface area contributed by atoms with Gasteiger partial charge < -0.3 is 5.32 Å². The largest absolute Gasteiger partial charge is 0.326 e. The Morgan fingerprint density at radius 2 is 2.07 bits per heavy atom. The number of fused-ring (bicyclic) bond motifs is 1. The van der Waals surface area contributed by atoms with E-state index in [9.17, 15) is 9.59 Å². The van der Waals surface area contributed by atoms with E-state index in [-0.39, 0.29) is 17.9 Å². The van der Waals surface area contributed by atoms with Crippen LogP contribution in [0.25, 0.3) is 10.2 Å². The molecule has 0 saturated heterocycles. The van der Waals surface area contributed by atoms with Crippen LogP contribution < -0.4 is 10.9 Å². The lowest BCUT2D eigenvalue weighted by molar-refractivity contribution is -0.116. The minimum absolute atomic E-state index is 0.0766. The van der Waals surface area contributed by atoms with Crippen molar-refractivity contribution >= 4 is 44.9 Å². The fraction of sp³-hybridized carbons (Fsp3) is 0.409. The van der Waals surface area contributed by atoms with E-state index in [0.717, 1.165) is 32.9 Å². The number of anilines is 1. The van der Waals surface area contributed by atoms with E-state index in [1.165, 1.54) is 20.8 Å². The average Bonchev–Trinajstić information content (AvgIpc) is 2.98. The third-order valence-electron chi connectivity index (χ3n) is 5.12. The van der Waals surface area contributed by atoms with Gasteiger partial charge in [0, 0.05) is 33.7 Å². The van der Waals surface area contributed by atoms with Gasteiger partial charge in [-0.1, -0.05) is 13.8 Å². The average molecular weight is 430 g/mol. The van der Waals surface area contributed by atoms with Gasteiger partial charge in [0.05, 0.1) is 11.7 Å². The second-order valence-corrected chi connectivity index (χ2v) is 10.0. The molecule has 2 heterocycles. The van der Waals surface area contributed by atoms with E-state index >= 15 is 0 Å². The van der Waals surface area contributed by atoms with Gasteiger partial charge in [0.25, 0.3) is 5.56 Å². The van der Waals surface area contributed by atoms with Gasteiger partial charge in [-0.15, -0.1) is 23.1 Å². The Morgan fingerprint density at radius 1 is 1.31 bits per heavy atom. The molecule has 0 aliphatic rings. The standard InChI is InChI=1S/C22H27N3O2S2/c1-6-14(3)28-17-7-8-18(13(2)11-17)24-19(26)9-10-25-12-23-21-20(22(25)27)15(4)16(5)29-21/h7-8,11-12,14H,6,9-10H2,1-5H3,(H,24,26). The van der Waals surface area contributed by atoms with Crippen molar-refractivity contribution in [2.45, 2.75) is 64.2 Å². The van der Waals surface area contributed by atoms with Crippen molar-refractivity contribution < 1.29 is 4.79 Å². The molecule has 1 amide bonds. The number of aryl methyl sites for hydroxylation is 4. The Labute approximate surface area is 179 Å². The molecule has 1 N–H and O–H groups in total. The van der Waals surface area contributed by atoms with Crippen LogP contribution in [0.1, 0.15) is 42.7 Å². The van der Waals surface area contributed by atoms with E-state index in [1.54, 1.807) is 6.33 Å². The molecule has 0 fully saturated rings. The van der Waals surface area contributed by atoms with Crippen LogP contribution in [0.2, 0.25) is 0 Å². The Bertz CT molecular complexity index is 1100. The summed E-state index contributed by atoms with van der Waals surface area (Å²) in [7, 11) is 0. The van der Waals surface area contributed by atoms with Gasteiger partial charge >= 0.3 is 0 Å². The lowest BCUT2D eigenvalue weighted by Crippen LogP contribution is -2.23.